The Bertz CT molecular complexity index is 1240. The summed E-state index contributed by atoms with van der Waals surface area (Å²) < 4.78 is 49.0. The molecule has 2 aliphatic rings. The van der Waals surface area contributed by atoms with Gasteiger partial charge in [-0.3, -0.25) is 27.8 Å². The van der Waals surface area contributed by atoms with Crippen molar-refractivity contribution in [3.05, 3.63) is 51.4 Å². The van der Waals surface area contributed by atoms with E-state index >= 15 is 0 Å². The van der Waals surface area contributed by atoms with Crippen LogP contribution in [-0.2, 0) is 32.2 Å². The van der Waals surface area contributed by atoms with Crippen LogP contribution in [0.4, 0.5) is 4.79 Å². The number of terminal acetylenes is 1. The molecule has 1 aromatic heterocycles. The molecule has 1 saturated heterocycles. The van der Waals surface area contributed by atoms with Gasteiger partial charge in [-0.25, -0.2) is 14.2 Å². The smallest absolute Gasteiger partial charge is 0.447 e. The number of aromatic amines is 1. The van der Waals surface area contributed by atoms with Crippen LogP contribution in [0.2, 0.25) is 0 Å². The van der Waals surface area contributed by atoms with Crippen LogP contribution < -0.4 is 16.6 Å². The Balaban J connectivity index is 1.87. The lowest BCUT2D eigenvalue weighted by Crippen LogP contribution is -2.40. The van der Waals surface area contributed by atoms with E-state index in [0.717, 1.165) is 17.1 Å². The number of nitrogens with zero attached hydrogens (tertiary/aromatic N) is 1. The topological polar surface area (TPSA) is 158 Å². The van der Waals surface area contributed by atoms with Gasteiger partial charge in [0.05, 0.1) is 13.0 Å². The highest BCUT2D eigenvalue weighted by Crippen LogP contribution is 2.57. The first-order valence-electron chi connectivity index (χ1n) is 12.4. The van der Waals surface area contributed by atoms with Gasteiger partial charge in [0.15, 0.2) is 12.4 Å². The van der Waals surface area contributed by atoms with Gasteiger partial charge in [-0.1, -0.05) is 18.9 Å². The first-order chi connectivity index (χ1) is 18.7. The molecule has 1 aromatic rings. The molecule has 2 N–H and O–H groups in total. The third-order valence-electron chi connectivity index (χ3n) is 6.26. The maximum Gasteiger partial charge on any atom is 0.513 e. The molecule has 1 fully saturated rings. The van der Waals surface area contributed by atoms with E-state index in [1.54, 1.807) is 12.4 Å². The minimum atomic E-state index is -3.89. The fraction of sp³-hybridized carbons (Fsp3) is 0.560. The summed E-state index contributed by atoms with van der Waals surface area (Å²) in [5.41, 5.74) is -1.35. The highest BCUT2D eigenvalue weighted by atomic mass is 31.2. The molecule has 0 aliphatic carbocycles. The number of allylic oxidation sites excluding steroid dienone is 2. The molecule has 212 valence electrons. The van der Waals surface area contributed by atoms with Crippen LogP contribution >= 0.6 is 7.60 Å². The lowest BCUT2D eigenvalue weighted by Gasteiger charge is -2.25. The molecule has 0 saturated carbocycles. The number of methoxy groups -OCH3 is 1. The summed E-state index contributed by atoms with van der Waals surface area (Å²) >= 11 is 0. The second kappa shape index (κ2) is 14.3. The Labute approximate surface area is 226 Å². The molecule has 0 bridgehead atoms. The first-order valence-corrected chi connectivity index (χ1v) is 14.0. The number of hydrogen-bond donors (Lipinski definition) is 2. The SMILES string of the molecule is C#CCNC(=O)OCC1OC(n2ccc(=O)[nH]c2=O)C(OC)C1OP(=O)([CH+]C1C/C=C/C=[O+]C(CC)C1)OC. The molecule has 0 spiro atoms. The lowest BCUT2D eigenvalue weighted by molar-refractivity contribution is -0.500. The number of H-pyrrole nitrogens is 1. The number of rotatable bonds is 11. The zero-order valence-electron chi connectivity index (χ0n) is 22.0. The van der Waals surface area contributed by atoms with Crippen molar-refractivity contribution >= 4 is 20.0 Å². The van der Waals surface area contributed by atoms with E-state index in [1.165, 1.54) is 26.6 Å². The van der Waals surface area contributed by atoms with Crippen molar-refractivity contribution in [3.8, 4) is 12.3 Å². The van der Waals surface area contributed by atoms with Crippen molar-refractivity contribution in [1.29, 1.82) is 0 Å². The number of hydrogen-bond acceptors (Lipinski definition) is 9. The quantitative estimate of drug-likeness (QED) is 0.133. The van der Waals surface area contributed by atoms with Gasteiger partial charge in [0.1, 0.15) is 30.8 Å². The van der Waals surface area contributed by atoms with Crippen LogP contribution in [-0.4, -0.2) is 73.7 Å². The highest BCUT2D eigenvalue weighted by molar-refractivity contribution is 7.56. The van der Waals surface area contributed by atoms with Gasteiger partial charge in [0.25, 0.3) is 11.7 Å². The number of carbonyl (C=O) groups is 1. The van der Waals surface area contributed by atoms with E-state index in [4.69, 9.17) is 34.1 Å². The predicted molar refractivity (Wildman–Crippen MR) is 140 cm³/mol. The zero-order chi connectivity index (χ0) is 28.4. The number of ether oxygens (including phenoxy) is 3. The van der Waals surface area contributed by atoms with Crippen LogP contribution in [0, 0.1) is 24.4 Å². The van der Waals surface area contributed by atoms with E-state index < -0.39 is 49.5 Å². The third kappa shape index (κ3) is 8.17. The molecular weight excluding hydrogens is 533 g/mol. The van der Waals surface area contributed by atoms with Crippen LogP contribution in [0.1, 0.15) is 32.4 Å². The van der Waals surface area contributed by atoms with Crippen molar-refractivity contribution in [1.82, 2.24) is 14.9 Å². The average Bonchev–Trinajstić information content (AvgIpc) is 3.23. The first kappa shape index (κ1) is 30.4. The summed E-state index contributed by atoms with van der Waals surface area (Å²) in [5.74, 6) is 2.06. The second-order valence-electron chi connectivity index (χ2n) is 8.84. The molecule has 1 amide bonds. The maximum atomic E-state index is 13.9. The standard InChI is InChI=1S/C25H32N3O10P/c1-5-11-26-25(31)36-15-19-21(22(33-3)23(37-19)28-12-10-20(29)27-24(28)30)38-39(32,34-4)16-17-9-7-8-13-35-18(6-2)14-17/h1,7-8,10,12-13,16-19,21-23H,6,9,11,14-15H2,2-4H3/p+2/b8-7+. The normalized spacial score (nSPS) is 28.9. The van der Waals surface area contributed by atoms with E-state index in [2.05, 4.69) is 16.2 Å². The van der Waals surface area contributed by atoms with Crippen LogP contribution in [0.3, 0.4) is 0 Å². The minimum Gasteiger partial charge on any atom is -0.447 e. The van der Waals surface area contributed by atoms with E-state index in [9.17, 15) is 18.9 Å². The fourth-order valence-corrected chi connectivity index (χ4v) is 5.94. The van der Waals surface area contributed by atoms with Gasteiger partial charge in [-0.05, 0) is 0 Å². The number of aldehydes is 1. The third-order valence-corrected chi connectivity index (χ3v) is 8.09. The number of amides is 1. The molecule has 2 aliphatic heterocycles. The van der Waals surface area contributed by atoms with E-state index in [-0.39, 0.29) is 25.2 Å². The summed E-state index contributed by atoms with van der Waals surface area (Å²) in [6.45, 7) is 1.59. The predicted octanol–water partition coefficient (Wildman–Crippen LogP) is 1.67. The van der Waals surface area contributed by atoms with Crippen LogP contribution in [0.25, 0.3) is 0 Å². The Morgan fingerprint density at radius 2 is 2.18 bits per heavy atom. The van der Waals surface area contributed by atoms with Gasteiger partial charge in [-0.2, -0.15) is 0 Å². The molecule has 0 aromatic carbocycles. The summed E-state index contributed by atoms with van der Waals surface area (Å²) in [6, 6.07) is 1.14. The summed E-state index contributed by atoms with van der Waals surface area (Å²) in [6.07, 6.45) is 10.0. The number of nitrogens with one attached hydrogen (secondary N) is 2. The fourth-order valence-electron chi connectivity index (χ4n) is 4.31. The highest BCUT2D eigenvalue weighted by Gasteiger charge is 2.54. The molecule has 7 unspecified atom stereocenters. The van der Waals surface area contributed by atoms with Crippen molar-refractivity contribution in [2.75, 3.05) is 27.4 Å². The zero-order valence-corrected chi connectivity index (χ0v) is 22.9. The molecule has 3 heterocycles. The molecule has 14 heteroatoms. The van der Waals surface area contributed by atoms with Gasteiger partial charge >= 0.3 is 25.7 Å². The monoisotopic (exact) mass is 567 g/mol. The molecule has 3 rings (SSSR count). The minimum absolute atomic E-state index is 0.0513. The molecule has 0 radical (unpaired) electrons. The van der Waals surface area contributed by atoms with Crippen LogP contribution in [0.15, 0.2) is 34.0 Å². The number of alkyl carbamates (subject to hydrolysis) is 1. The average molecular weight is 568 g/mol. The Morgan fingerprint density at radius 1 is 1.38 bits per heavy atom. The van der Waals surface area contributed by atoms with Crippen molar-refractivity contribution in [2.45, 2.75) is 56.8 Å². The Hall–Kier alpha value is -3.14. The van der Waals surface area contributed by atoms with E-state index in [0.29, 0.717) is 12.8 Å². The van der Waals surface area contributed by atoms with Gasteiger partial charge in [-0.15, -0.1) is 6.42 Å². The van der Waals surface area contributed by atoms with E-state index in [1.807, 2.05) is 13.0 Å². The summed E-state index contributed by atoms with van der Waals surface area (Å²) in [7, 11) is -1.27. The van der Waals surface area contributed by atoms with Crippen LogP contribution in [0.5, 0.6) is 0 Å². The maximum absolute atomic E-state index is 13.9. The Morgan fingerprint density at radius 3 is 2.85 bits per heavy atom. The Kier molecular flexibility index (Phi) is 11.2. The summed E-state index contributed by atoms with van der Waals surface area (Å²) in [5, 5.41) is 2.36. The summed E-state index contributed by atoms with van der Waals surface area (Å²) in [4.78, 5) is 38.3. The number of carbonyl (C=O) groups excluding carboxylic acids is 2. The van der Waals surface area contributed by atoms with Crippen molar-refractivity contribution in [2.24, 2.45) is 5.92 Å². The van der Waals surface area contributed by atoms with Gasteiger partial charge < -0.3 is 19.5 Å². The van der Waals surface area contributed by atoms with Gasteiger partial charge in [0, 0.05) is 45.4 Å². The molecule has 39 heavy (non-hydrogen) atoms. The molecular formula is C25H34N3O10P+2. The second-order valence-corrected chi connectivity index (χ2v) is 10.8. The largest absolute Gasteiger partial charge is 0.513 e. The van der Waals surface area contributed by atoms with Crippen molar-refractivity contribution < 1.29 is 37.0 Å². The van der Waals surface area contributed by atoms with Gasteiger partial charge in [0.2, 0.25) is 0 Å². The van der Waals surface area contributed by atoms with Crippen molar-refractivity contribution in [3.63, 3.8) is 0 Å². The number of aromatic nitrogens is 2. The molecule has 7 atom stereocenters. The lowest BCUT2D eigenvalue weighted by atomic mass is 9.98. The molecule has 13 nitrogen and oxygen atoms in total.